The van der Waals surface area contributed by atoms with E-state index in [-0.39, 0.29) is 11.2 Å². The highest BCUT2D eigenvalue weighted by molar-refractivity contribution is 7.99. The second kappa shape index (κ2) is 9.29. The Bertz CT molecular complexity index is 1500. The zero-order chi connectivity index (χ0) is 22.8. The monoisotopic (exact) mass is 477 g/mol. The molecule has 0 spiro atoms. The first-order chi connectivity index (χ1) is 16.1. The minimum atomic E-state index is -0.168. The first kappa shape index (κ1) is 21.6. The second-order valence-corrected chi connectivity index (χ2v) is 9.00. The predicted octanol–water partition coefficient (Wildman–Crippen LogP) is 6.03. The summed E-state index contributed by atoms with van der Waals surface area (Å²) in [5.74, 6) is 1.43. The van der Waals surface area contributed by atoms with Gasteiger partial charge in [0, 0.05) is 17.5 Å². The molecule has 0 unspecified atom stereocenters. The van der Waals surface area contributed by atoms with Gasteiger partial charge < -0.3 is 9.15 Å². The number of benzene rings is 2. The van der Waals surface area contributed by atoms with Crippen LogP contribution in [0.3, 0.4) is 0 Å². The van der Waals surface area contributed by atoms with Crippen LogP contribution >= 0.6 is 23.4 Å². The fourth-order valence-electron chi connectivity index (χ4n) is 3.51. The average molecular weight is 478 g/mol. The molecule has 3 aromatic heterocycles. The van der Waals surface area contributed by atoms with Crippen molar-refractivity contribution in [3.05, 3.63) is 87.7 Å². The highest BCUT2D eigenvalue weighted by atomic mass is 35.5. The lowest BCUT2D eigenvalue weighted by atomic mass is 10.1. The predicted molar refractivity (Wildman–Crippen MR) is 131 cm³/mol. The van der Waals surface area contributed by atoms with Gasteiger partial charge in [0.1, 0.15) is 5.58 Å². The van der Waals surface area contributed by atoms with Gasteiger partial charge in [0.25, 0.3) is 0 Å². The molecule has 0 aliphatic carbocycles. The van der Waals surface area contributed by atoms with Gasteiger partial charge in [0.15, 0.2) is 16.6 Å². The van der Waals surface area contributed by atoms with Crippen molar-refractivity contribution in [3.8, 4) is 17.1 Å². The molecule has 0 saturated carbocycles. The molecule has 0 bridgehead atoms. The van der Waals surface area contributed by atoms with Crippen LogP contribution in [0.5, 0.6) is 5.75 Å². The standard InChI is InChI=1S/C25H20ClN3O3S/c1-16-9-11-17(12-10-16)22-23(21(30)18-6-2-3-8-20(18)32-22)31-14-5-15-33-25-28-27-24-19(26)7-4-13-29(24)25/h2-4,6-13H,5,14-15H2,1H3. The molecule has 0 N–H and O–H groups in total. The van der Waals surface area contributed by atoms with Crippen molar-refractivity contribution in [3.63, 3.8) is 0 Å². The van der Waals surface area contributed by atoms with Crippen LogP contribution in [-0.4, -0.2) is 27.0 Å². The maximum absolute atomic E-state index is 13.2. The minimum Gasteiger partial charge on any atom is -0.486 e. The number of aryl methyl sites for hydroxylation is 1. The summed E-state index contributed by atoms with van der Waals surface area (Å²) in [7, 11) is 0. The molecule has 0 amide bonds. The van der Waals surface area contributed by atoms with Gasteiger partial charge in [-0.15, -0.1) is 10.2 Å². The number of rotatable bonds is 7. The van der Waals surface area contributed by atoms with Crippen molar-refractivity contribution in [1.29, 1.82) is 0 Å². The lowest BCUT2D eigenvalue weighted by Gasteiger charge is -2.12. The average Bonchev–Trinajstić information content (AvgIpc) is 3.25. The number of thioether (sulfide) groups is 1. The van der Waals surface area contributed by atoms with Crippen molar-refractivity contribution in [1.82, 2.24) is 14.6 Å². The van der Waals surface area contributed by atoms with Crippen molar-refractivity contribution in [2.75, 3.05) is 12.4 Å². The summed E-state index contributed by atoms with van der Waals surface area (Å²) in [4.78, 5) is 13.2. The molecular formula is C25H20ClN3O3S. The molecule has 3 heterocycles. The molecular weight excluding hydrogens is 458 g/mol. The van der Waals surface area contributed by atoms with E-state index in [2.05, 4.69) is 10.2 Å². The fraction of sp³-hybridized carbons (Fsp3) is 0.160. The fourth-order valence-corrected chi connectivity index (χ4v) is 4.54. The molecule has 0 saturated heterocycles. The number of nitrogens with zero attached hydrogens (tertiary/aromatic N) is 3. The van der Waals surface area contributed by atoms with Gasteiger partial charge in [-0.05, 0) is 37.6 Å². The number of ether oxygens (including phenoxy) is 1. The van der Waals surface area contributed by atoms with Crippen LogP contribution < -0.4 is 10.2 Å². The molecule has 0 aliphatic heterocycles. The van der Waals surface area contributed by atoms with Crippen LogP contribution in [0.4, 0.5) is 0 Å². The molecule has 166 valence electrons. The van der Waals surface area contributed by atoms with Crippen molar-refractivity contribution in [2.24, 2.45) is 0 Å². The molecule has 0 fully saturated rings. The van der Waals surface area contributed by atoms with Crippen LogP contribution in [0.2, 0.25) is 5.02 Å². The van der Waals surface area contributed by atoms with E-state index in [9.17, 15) is 4.79 Å². The van der Waals surface area contributed by atoms with E-state index in [1.54, 1.807) is 30.0 Å². The summed E-state index contributed by atoms with van der Waals surface area (Å²) >= 11 is 7.72. The van der Waals surface area contributed by atoms with Gasteiger partial charge in [-0.2, -0.15) is 0 Å². The van der Waals surface area contributed by atoms with Crippen molar-refractivity contribution >= 4 is 40.0 Å². The number of hydrogen-bond donors (Lipinski definition) is 0. The second-order valence-electron chi connectivity index (χ2n) is 7.53. The van der Waals surface area contributed by atoms with Crippen molar-refractivity contribution < 1.29 is 9.15 Å². The zero-order valence-electron chi connectivity index (χ0n) is 17.8. The smallest absolute Gasteiger partial charge is 0.235 e. The minimum absolute atomic E-state index is 0.168. The number of para-hydroxylation sites is 1. The Hall–Kier alpha value is -3.29. The summed E-state index contributed by atoms with van der Waals surface area (Å²) in [5, 5.41) is 10.2. The van der Waals surface area contributed by atoms with E-state index >= 15 is 0 Å². The van der Waals surface area contributed by atoms with E-state index in [0.717, 1.165) is 22.0 Å². The number of aromatic nitrogens is 3. The Morgan fingerprint density at radius 2 is 1.88 bits per heavy atom. The van der Waals surface area contributed by atoms with Crippen molar-refractivity contribution in [2.45, 2.75) is 18.5 Å². The zero-order valence-corrected chi connectivity index (χ0v) is 19.4. The number of pyridine rings is 1. The maximum Gasteiger partial charge on any atom is 0.235 e. The quantitative estimate of drug-likeness (QED) is 0.211. The third-order valence-electron chi connectivity index (χ3n) is 5.19. The Morgan fingerprint density at radius 1 is 1.06 bits per heavy atom. The molecule has 33 heavy (non-hydrogen) atoms. The summed E-state index contributed by atoms with van der Waals surface area (Å²) < 4.78 is 14.0. The highest BCUT2D eigenvalue weighted by Gasteiger charge is 2.17. The summed E-state index contributed by atoms with van der Waals surface area (Å²) in [6.07, 6.45) is 2.59. The first-order valence-corrected chi connectivity index (χ1v) is 11.9. The molecule has 0 radical (unpaired) electrons. The van der Waals surface area contributed by atoms with Gasteiger partial charge in [0.2, 0.25) is 11.2 Å². The van der Waals surface area contributed by atoms with E-state index < -0.39 is 0 Å². The largest absolute Gasteiger partial charge is 0.486 e. The van der Waals surface area contributed by atoms with Crippen LogP contribution in [-0.2, 0) is 0 Å². The molecule has 6 nitrogen and oxygen atoms in total. The molecule has 0 aliphatic rings. The number of halogens is 1. The lowest BCUT2D eigenvalue weighted by Crippen LogP contribution is -2.11. The van der Waals surface area contributed by atoms with Gasteiger partial charge in [-0.1, -0.05) is 65.3 Å². The van der Waals surface area contributed by atoms with Gasteiger partial charge >= 0.3 is 0 Å². The summed E-state index contributed by atoms with van der Waals surface area (Å²) in [6.45, 7) is 2.38. The van der Waals surface area contributed by atoms with Crippen LogP contribution in [0.25, 0.3) is 27.9 Å². The molecule has 2 aromatic carbocycles. The highest BCUT2D eigenvalue weighted by Crippen LogP contribution is 2.31. The van der Waals surface area contributed by atoms with Gasteiger partial charge in [-0.25, -0.2) is 0 Å². The third kappa shape index (κ3) is 4.34. The Balaban J connectivity index is 1.34. The maximum atomic E-state index is 13.2. The normalized spacial score (nSPS) is 11.3. The van der Waals surface area contributed by atoms with Gasteiger partial charge in [-0.3, -0.25) is 9.20 Å². The Labute approximate surface area is 199 Å². The van der Waals surface area contributed by atoms with E-state index in [4.69, 9.17) is 20.8 Å². The van der Waals surface area contributed by atoms with E-state index in [1.807, 2.05) is 60.0 Å². The first-order valence-electron chi connectivity index (χ1n) is 10.5. The molecule has 0 atom stereocenters. The molecule has 5 aromatic rings. The van der Waals surface area contributed by atoms with Crippen LogP contribution in [0.1, 0.15) is 12.0 Å². The van der Waals surface area contributed by atoms with E-state index in [1.165, 1.54) is 0 Å². The van der Waals surface area contributed by atoms with Crippen LogP contribution in [0, 0.1) is 6.92 Å². The third-order valence-corrected chi connectivity index (χ3v) is 6.52. The Kier molecular flexibility index (Phi) is 6.07. The topological polar surface area (TPSA) is 69.6 Å². The summed E-state index contributed by atoms with van der Waals surface area (Å²) in [5.41, 5.74) is 2.94. The lowest BCUT2D eigenvalue weighted by molar-refractivity contribution is 0.310. The SMILES string of the molecule is Cc1ccc(-c2oc3ccccc3c(=O)c2OCCCSc2nnc3c(Cl)cccn23)cc1. The number of hydrogen-bond acceptors (Lipinski definition) is 6. The molecule has 8 heteroatoms. The summed E-state index contributed by atoms with van der Waals surface area (Å²) in [6, 6.07) is 18.7. The van der Waals surface area contributed by atoms with Gasteiger partial charge in [0.05, 0.1) is 17.0 Å². The molecule has 5 rings (SSSR count). The Morgan fingerprint density at radius 3 is 2.73 bits per heavy atom. The number of fused-ring (bicyclic) bond motifs is 2. The van der Waals surface area contributed by atoms with E-state index in [0.29, 0.717) is 40.4 Å². The van der Waals surface area contributed by atoms with Crippen LogP contribution in [0.15, 0.2) is 81.2 Å².